The van der Waals surface area contributed by atoms with E-state index in [0.717, 1.165) is 0 Å². The number of nitrogens with zero attached hydrogens (tertiary/aromatic N) is 7. The van der Waals surface area contributed by atoms with Crippen molar-refractivity contribution < 1.29 is 9.59 Å². The van der Waals surface area contributed by atoms with Gasteiger partial charge >= 0.3 is 0 Å². The fraction of sp³-hybridized carbons (Fsp3) is 0.182. The van der Waals surface area contributed by atoms with E-state index in [9.17, 15) is 14.4 Å². The van der Waals surface area contributed by atoms with E-state index in [1.165, 1.54) is 4.57 Å². The summed E-state index contributed by atoms with van der Waals surface area (Å²) < 4.78 is 4.61. The number of rotatable bonds is 6. The van der Waals surface area contributed by atoms with E-state index >= 15 is 0 Å². The first kappa shape index (κ1) is 29.0. The molecular formula is C33H29N9O3. The third-order valence-corrected chi connectivity index (χ3v) is 7.62. The molecule has 2 amide bonds. The normalized spacial score (nSPS) is 12.4. The van der Waals surface area contributed by atoms with Crippen molar-refractivity contribution in [3.8, 4) is 17.5 Å². The van der Waals surface area contributed by atoms with Gasteiger partial charge in [0.1, 0.15) is 11.4 Å². The predicted molar refractivity (Wildman–Crippen MR) is 168 cm³/mol. The molecule has 0 aliphatic rings. The molecule has 6 rings (SSSR count). The van der Waals surface area contributed by atoms with Crippen LogP contribution in [-0.2, 0) is 11.8 Å². The maximum absolute atomic E-state index is 14.3. The van der Waals surface area contributed by atoms with Crippen LogP contribution in [0.5, 0.6) is 0 Å². The van der Waals surface area contributed by atoms with Crippen molar-refractivity contribution in [2.45, 2.75) is 32.7 Å². The molecule has 0 aliphatic heterocycles. The number of carbonyl (C=O) groups excluding carboxylic acids is 2. The Bertz CT molecular complexity index is 2240. The van der Waals surface area contributed by atoms with Crippen LogP contribution in [0.2, 0.25) is 0 Å². The summed E-state index contributed by atoms with van der Waals surface area (Å²) in [6, 6.07) is 15.4. The van der Waals surface area contributed by atoms with E-state index < -0.39 is 17.9 Å². The first-order valence-corrected chi connectivity index (χ1v) is 14.2. The maximum Gasteiger partial charge on any atom is 0.267 e. The summed E-state index contributed by atoms with van der Waals surface area (Å²) in [4.78, 5) is 49.0. The molecule has 2 aromatic carbocycles. The molecule has 12 heteroatoms. The molecular weight excluding hydrogens is 570 g/mol. The quantitative estimate of drug-likeness (QED) is 0.279. The van der Waals surface area contributed by atoms with Crippen molar-refractivity contribution in [2.75, 3.05) is 0 Å². The van der Waals surface area contributed by atoms with Gasteiger partial charge in [-0.25, -0.2) is 14.5 Å². The molecule has 0 radical (unpaired) electrons. The van der Waals surface area contributed by atoms with Crippen molar-refractivity contribution in [3.63, 3.8) is 0 Å². The van der Waals surface area contributed by atoms with E-state index in [-0.39, 0.29) is 11.5 Å². The van der Waals surface area contributed by atoms with Gasteiger partial charge in [0, 0.05) is 25.0 Å². The Morgan fingerprint density at radius 2 is 1.76 bits per heavy atom. The monoisotopic (exact) mass is 599 g/mol. The van der Waals surface area contributed by atoms with E-state index in [4.69, 9.17) is 10.7 Å². The van der Waals surface area contributed by atoms with Crippen LogP contribution in [0.3, 0.4) is 0 Å². The van der Waals surface area contributed by atoms with Crippen LogP contribution in [-0.4, -0.2) is 45.7 Å². The summed E-state index contributed by atoms with van der Waals surface area (Å²) in [5, 5.41) is 11.9. The largest absolute Gasteiger partial charge is 0.369 e. The Hall–Kier alpha value is -6.09. The van der Waals surface area contributed by atoms with Crippen LogP contribution in [0, 0.1) is 18.8 Å². The minimum absolute atomic E-state index is 0.312. The Balaban J connectivity index is 1.47. The second-order valence-corrected chi connectivity index (χ2v) is 10.6. The van der Waals surface area contributed by atoms with Crippen molar-refractivity contribution in [1.82, 2.24) is 39.2 Å². The number of para-hydroxylation sites is 1. The molecule has 45 heavy (non-hydrogen) atoms. The van der Waals surface area contributed by atoms with Gasteiger partial charge in [0.15, 0.2) is 5.65 Å². The number of primary amides is 1. The summed E-state index contributed by atoms with van der Waals surface area (Å²) in [6.45, 7) is 5.21. The lowest BCUT2D eigenvalue weighted by Crippen LogP contribution is -2.33. The van der Waals surface area contributed by atoms with Crippen molar-refractivity contribution in [3.05, 3.63) is 117 Å². The van der Waals surface area contributed by atoms with Crippen molar-refractivity contribution >= 4 is 28.4 Å². The topological polar surface area (TPSA) is 155 Å². The Morgan fingerprint density at radius 1 is 1.00 bits per heavy atom. The third kappa shape index (κ3) is 5.21. The fourth-order valence-corrected chi connectivity index (χ4v) is 5.39. The fourth-order valence-electron chi connectivity index (χ4n) is 5.39. The molecule has 6 aromatic rings. The second kappa shape index (κ2) is 11.5. The summed E-state index contributed by atoms with van der Waals surface area (Å²) in [7, 11) is 1.72. The zero-order chi connectivity index (χ0) is 31.8. The van der Waals surface area contributed by atoms with Crippen LogP contribution in [0.25, 0.3) is 22.2 Å². The smallest absolute Gasteiger partial charge is 0.267 e. The minimum Gasteiger partial charge on any atom is -0.369 e. The van der Waals surface area contributed by atoms with Gasteiger partial charge in [0.2, 0.25) is 5.91 Å². The van der Waals surface area contributed by atoms with Crippen LogP contribution >= 0.6 is 0 Å². The average molecular weight is 600 g/mol. The molecule has 12 nitrogen and oxygen atoms in total. The summed E-state index contributed by atoms with van der Waals surface area (Å²) in [5.41, 5.74) is 9.06. The number of aryl methyl sites for hydroxylation is 2. The highest BCUT2D eigenvalue weighted by atomic mass is 16.2. The predicted octanol–water partition coefficient (Wildman–Crippen LogP) is 2.95. The minimum atomic E-state index is -0.684. The zero-order valence-corrected chi connectivity index (χ0v) is 25.0. The number of nitrogens with two attached hydrogens (primary N) is 1. The van der Waals surface area contributed by atoms with Gasteiger partial charge in [-0.1, -0.05) is 36.1 Å². The number of fused-ring (bicyclic) bond motifs is 2. The van der Waals surface area contributed by atoms with Gasteiger partial charge in [0.05, 0.1) is 51.7 Å². The lowest BCUT2D eigenvalue weighted by atomic mass is 10.0. The Morgan fingerprint density at radius 3 is 2.51 bits per heavy atom. The number of carbonyl (C=O) groups is 2. The summed E-state index contributed by atoms with van der Waals surface area (Å²) >= 11 is 0. The highest BCUT2D eigenvalue weighted by molar-refractivity contribution is 6.01. The molecule has 0 aliphatic carbocycles. The van der Waals surface area contributed by atoms with Crippen LogP contribution in [0.15, 0.2) is 78.0 Å². The summed E-state index contributed by atoms with van der Waals surface area (Å²) in [6.07, 6.45) is 4.89. The molecule has 4 aromatic heterocycles. The molecule has 3 N–H and O–H groups in total. The number of aromatic nitrogens is 7. The SMILES string of the molecule is Cc1nn2cccnc2c1C(=O)NC(C)c1nc2cccc(C#Cc3cnn(C)c3C(C)C(N)=O)c2c(=O)n1-c1ccccc1. The lowest BCUT2D eigenvalue weighted by Gasteiger charge is -2.20. The maximum atomic E-state index is 14.3. The van der Waals surface area contributed by atoms with E-state index in [2.05, 4.69) is 32.3 Å². The standard InChI is InChI=1S/C33H29N9O3/c1-19(29(34)43)28-23(18-36-40(28)4)15-14-22-10-8-13-25-27(22)33(45)42(24-11-6-5-7-12-24)30(38-25)21(3)37-32(44)26-20(2)39-41-17-9-16-35-31(26)41/h5-13,16-19,21H,1-4H3,(H2,34,43)(H,37,44). The second-order valence-electron chi connectivity index (χ2n) is 10.6. The molecule has 4 heterocycles. The van der Waals surface area contributed by atoms with E-state index in [0.29, 0.717) is 56.1 Å². The van der Waals surface area contributed by atoms with Gasteiger partial charge in [-0.15, -0.1) is 0 Å². The molecule has 0 bridgehead atoms. The third-order valence-electron chi connectivity index (χ3n) is 7.62. The molecule has 0 saturated carbocycles. The average Bonchev–Trinajstić information content (AvgIpc) is 3.57. The first-order valence-electron chi connectivity index (χ1n) is 14.2. The highest BCUT2D eigenvalue weighted by Gasteiger charge is 2.25. The zero-order valence-electron chi connectivity index (χ0n) is 25.0. The molecule has 224 valence electrons. The molecule has 2 atom stereocenters. The number of hydrogen-bond donors (Lipinski definition) is 2. The van der Waals surface area contributed by atoms with Gasteiger partial charge < -0.3 is 11.1 Å². The van der Waals surface area contributed by atoms with Crippen LogP contribution in [0.4, 0.5) is 0 Å². The highest BCUT2D eigenvalue weighted by Crippen LogP contribution is 2.22. The van der Waals surface area contributed by atoms with Gasteiger partial charge in [-0.05, 0) is 51.1 Å². The van der Waals surface area contributed by atoms with Gasteiger partial charge in [-0.3, -0.25) is 23.6 Å². The first-order chi connectivity index (χ1) is 21.7. The van der Waals surface area contributed by atoms with Crippen molar-refractivity contribution in [2.24, 2.45) is 12.8 Å². The van der Waals surface area contributed by atoms with Crippen LogP contribution in [0.1, 0.15) is 64.5 Å². The number of nitrogens with one attached hydrogen (secondary N) is 1. The molecule has 0 saturated heterocycles. The van der Waals surface area contributed by atoms with Crippen molar-refractivity contribution in [1.29, 1.82) is 0 Å². The van der Waals surface area contributed by atoms with Gasteiger partial charge in [0.25, 0.3) is 11.5 Å². The lowest BCUT2D eigenvalue weighted by molar-refractivity contribution is -0.119. The van der Waals surface area contributed by atoms with Crippen LogP contribution < -0.4 is 16.6 Å². The number of amides is 2. The molecule has 0 fully saturated rings. The van der Waals surface area contributed by atoms with Gasteiger partial charge in [-0.2, -0.15) is 10.2 Å². The molecule has 0 spiro atoms. The number of hydrogen-bond acceptors (Lipinski definition) is 7. The van der Waals surface area contributed by atoms with E-state index in [1.54, 1.807) is 92.0 Å². The summed E-state index contributed by atoms with van der Waals surface area (Å²) in [5.74, 6) is 5.02. The van der Waals surface area contributed by atoms with E-state index in [1.807, 2.05) is 18.2 Å². The Kier molecular flexibility index (Phi) is 7.44. The number of benzene rings is 2. The Labute approximate surface area is 257 Å². The molecule has 2 unspecified atom stereocenters.